The molecule has 0 unspecified atom stereocenters. The Balaban J connectivity index is 4.42. The highest BCUT2D eigenvalue weighted by atomic mass is 32.2. The number of nitrogens with two attached hydrogens (primary N) is 1. The van der Waals surface area contributed by atoms with Crippen LogP contribution in [0.4, 0.5) is 0 Å². The summed E-state index contributed by atoms with van der Waals surface area (Å²) in [6.07, 6.45) is 0. The SMILES string of the molecule is NS(=O)(=O)C#CC(=O)O. The molecule has 0 saturated carbocycles. The van der Waals surface area contributed by atoms with Gasteiger partial charge in [-0.05, 0) is 0 Å². The topological polar surface area (TPSA) is 97.5 Å². The molecule has 0 aliphatic heterocycles. The number of rotatable bonds is 0. The summed E-state index contributed by atoms with van der Waals surface area (Å²) in [5.41, 5.74) is 0. The van der Waals surface area contributed by atoms with Crippen LogP contribution < -0.4 is 5.14 Å². The molecule has 0 spiro atoms. The molecule has 0 aromatic heterocycles. The van der Waals surface area contributed by atoms with Gasteiger partial charge in [0.2, 0.25) is 0 Å². The van der Waals surface area contributed by atoms with E-state index in [2.05, 4.69) is 5.14 Å². The Bertz CT molecular complexity index is 266. The molecule has 0 atom stereocenters. The zero-order chi connectivity index (χ0) is 7.49. The Labute approximate surface area is 51.5 Å². The van der Waals surface area contributed by atoms with E-state index < -0.39 is 16.0 Å². The van der Waals surface area contributed by atoms with Gasteiger partial charge in [0.05, 0.1) is 5.25 Å². The van der Waals surface area contributed by atoms with Crippen molar-refractivity contribution in [3.05, 3.63) is 0 Å². The van der Waals surface area contributed by atoms with Crippen LogP contribution in [0.5, 0.6) is 0 Å². The number of hydrogen-bond donors (Lipinski definition) is 2. The van der Waals surface area contributed by atoms with E-state index in [4.69, 9.17) is 5.11 Å². The highest BCUT2D eigenvalue weighted by Crippen LogP contribution is 1.67. The van der Waals surface area contributed by atoms with Gasteiger partial charge < -0.3 is 5.11 Å². The maximum absolute atomic E-state index is 9.88. The largest absolute Gasteiger partial charge is 0.472 e. The van der Waals surface area contributed by atoms with Gasteiger partial charge in [0.1, 0.15) is 0 Å². The molecule has 0 aliphatic carbocycles. The van der Waals surface area contributed by atoms with E-state index in [0.717, 1.165) is 0 Å². The lowest BCUT2D eigenvalue weighted by Gasteiger charge is -1.75. The molecule has 0 fully saturated rings. The molecule has 0 aliphatic rings. The van der Waals surface area contributed by atoms with Crippen molar-refractivity contribution in [1.82, 2.24) is 0 Å². The predicted molar refractivity (Wildman–Crippen MR) is 28.5 cm³/mol. The Morgan fingerprint density at radius 1 is 1.56 bits per heavy atom. The summed E-state index contributed by atoms with van der Waals surface area (Å²) in [5.74, 6) is -0.185. The predicted octanol–water partition coefficient (Wildman–Crippen LogP) is -1.68. The van der Waals surface area contributed by atoms with Gasteiger partial charge in [-0.15, -0.1) is 0 Å². The van der Waals surface area contributed by atoms with Crippen molar-refractivity contribution in [2.75, 3.05) is 0 Å². The fourth-order valence-electron chi connectivity index (χ4n) is 0.115. The standard InChI is InChI=1S/C3H3NO4S/c4-9(7,8)2-1-3(5)6/h(H,5,6)(H2,4,7,8). The van der Waals surface area contributed by atoms with E-state index in [0.29, 0.717) is 0 Å². The Kier molecular flexibility index (Phi) is 2.19. The lowest BCUT2D eigenvalue weighted by Crippen LogP contribution is -2.08. The molecular weight excluding hydrogens is 146 g/mol. The zero-order valence-corrected chi connectivity index (χ0v) is 4.97. The maximum Gasteiger partial charge on any atom is 0.382 e. The molecule has 0 saturated heterocycles. The average molecular weight is 149 g/mol. The molecule has 0 amide bonds. The normalized spacial score (nSPS) is 9.44. The zero-order valence-electron chi connectivity index (χ0n) is 4.16. The molecule has 0 heterocycles. The smallest absolute Gasteiger partial charge is 0.382 e. The molecule has 5 nitrogen and oxygen atoms in total. The summed E-state index contributed by atoms with van der Waals surface area (Å²) in [6.45, 7) is 0. The van der Waals surface area contributed by atoms with Gasteiger partial charge in [0.25, 0.3) is 10.0 Å². The Morgan fingerprint density at radius 3 is 2.11 bits per heavy atom. The maximum atomic E-state index is 9.88. The third-order valence-electron chi connectivity index (χ3n) is 0.300. The minimum absolute atomic E-state index is 1.32. The van der Waals surface area contributed by atoms with Crippen LogP contribution in [-0.4, -0.2) is 19.5 Å². The molecule has 0 aromatic carbocycles. The molecule has 0 rings (SSSR count). The van der Waals surface area contributed by atoms with Gasteiger partial charge in [-0.1, -0.05) is 0 Å². The van der Waals surface area contributed by atoms with E-state index >= 15 is 0 Å². The molecule has 6 heteroatoms. The van der Waals surface area contributed by atoms with Crippen molar-refractivity contribution >= 4 is 16.0 Å². The summed E-state index contributed by atoms with van der Waals surface area (Å²) >= 11 is 0. The number of primary sulfonamides is 1. The summed E-state index contributed by atoms with van der Waals surface area (Å²) in [4.78, 5) is 9.55. The number of carbonyl (C=O) groups is 1. The molecule has 0 aromatic rings. The van der Waals surface area contributed by atoms with E-state index in [-0.39, 0.29) is 0 Å². The first-order valence-corrected chi connectivity index (χ1v) is 3.25. The van der Waals surface area contributed by atoms with Crippen LogP contribution in [-0.2, 0) is 14.8 Å². The number of hydrogen-bond acceptors (Lipinski definition) is 3. The van der Waals surface area contributed by atoms with Gasteiger partial charge in [0, 0.05) is 5.92 Å². The van der Waals surface area contributed by atoms with Crippen LogP contribution in [0.15, 0.2) is 0 Å². The van der Waals surface area contributed by atoms with Gasteiger partial charge >= 0.3 is 5.97 Å². The highest BCUT2D eigenvalue weighted by molar-refractivity contribution is 7.93. The van der Waals surface area contributed by atoms with E-state index in [1.807, 2.05) is 0 Å². The van der Waals surface area contributed by atoms with Crippen LogP contribution in [0, 0.1) is 11.2 Å². The second kappa shape index (κ2) is 2.48. The third kappa shape index (κ3) is 6.94. The second-order valence-electron chi connectivity index (χ2n) is 1.08. The first-order valence-electron chi connectivity index (χ1n) is 1.70. The minimum atomic E-state index is -3.96. The summed E-state index contributed by atoms with van der Waals surface area (Å²) in [7, 11) is -3.96. The lowest BCUT2D eigenvalue weighted by molar-refractivity contribution is -0.130. The molecular formula is C3H3NO4S. The number of aliphatic carboxylic acids is 1. The van der Waals surface area contributed by atoms with Crippen molar-refractivity contribution in [3.63, 3.8) is 0 Å². The lowest BCUT2D eigenvalue weighted by atomic mass is 10.7. The first-order chi connectivity index (χ1) is 3.92. The van der Waals surface area contributed by atoms with Crippen molar-refractivity contribution in [2.24, 2.45) is 5.14 Å². The minimum Gasteiger partial charge on any atom is -0.472 e. The third-order valence-corrected chi connectivity index (χ3v) is 0.687. The van der Waals surface area contributed by atoms with Gasteiger partial charge in [-0.25, -0.2) is 9.93 Å². The summed E-state index contributed by atoms with van der Waals surface area (Å²) < 4.78 is 19.8. The van der Waals surface area contributed by atoms with Gasteiger partial charge in [-0.2, -0.15) is 8.42 Å². The van der Waals surface area contributed by atoms with Crippen molar-refractivity contribution in [1.29, 1.82) is 0 Å². The van der Waals surface area contributed by atoms with Gasteiger partial charge in [0.15, 0.2) is 0 Å². The quantitative estimate of drug-likeness (QED) is 0.402. The number of carboxylic acid groups (broad SMARTS) is 1. The molecule has 0 radical (unpaired) electrons. The fraction of sp³-hybridized carbons (Fsp3) is 0. The Morgan fingerprint density at radius 2 is 2.00 bits per heavy atom. The molecule has 3 N–H and O–H groups in total. The van der Waals surface area contributed by atoms with E-state index in [1.54, 1.807) is 0 Å². The van der Waals surface area contributed by atoms with Crippen LogP contribution in [0.2, 0.25) is 0 Å². The fourth-order valence-corrected chi connectivity index (χ4v) is 0.344. The highest BCUT2D eigenvalue weighted by Gasteiger charge is 1.92. The van der Waals surface area contributed by atoms with Gasteiger partial charge in [-0.3, -0.25) is 0 Å². The van der Waals surface area contributed by atoms with Crippen LogP contribution >= 0.6 is 0 Å². The first kappa shape index (κ1) is 7.94. The van der Waals surface area contributed by atoms with E-state index in [1.165, 1.54) is 11.2 Å². The number of sulfonamides is 1. The van der Waals surface area contributed by atoms with Crippen LogP contribution in [0.25, 0.3) is 0 Å². The van der Waals surface area contributed by atoms with Crippen LogP contribution in [0.3, 0.4) is 0 Å². The molecule has 0 bridgehead atoms. The van der Waals surface area contributed by atoms with E-state index in [9.17, 15) is 13.2 Å². The van der Waals surface area contributed by atoms with Crippen molar-refractivity contribution in [3.8, 4) is 11.2 Å². The Hall–Kier alpha value is -1.06. The second-order valence-corrected chi connectivity index (χ2v) is 2.37. The number of carboxylic acids is 1. The average Bonchev–Trinajstić information content (AvgIpc) is 1.59. The molecule has 9 heavy (non-hydrogen) atoms. The van der Waals surface area contributed by atoms with Crippen molar-refractivity contribution in [2.45, 2.75) is 0 Å². The molecule has 50 valence electrons. The van der Waals surface area contributed by atoms with Crippen LogP contribution in [0.1, 0.15) is 0 Å². The monoisotopic (exact) mass is 149 g/mol. The summed E-state index contributed by atoms with van der Waals surface area (Å²) in [5, 5.41) is 13.4. The van der Waals surface area contributed by atoms with Crippen molar-refractivity contribution < 1.29 is 18.3 Å². The summed E-state index contributed by atoms with van der Waals surface area (Å²) in [6, 6.07) is 0.